The minimum absolute atomic E-state index is 0.176. The van der Waals surface area contributed by atoms with Gasteiger partial charge in [0.25, 0.3) is 12.9 Å². The van der Waals surface area contributed by atoms with Crippen LogP contribution in [0.15, 0.2) is 132 Å². The van der Waals surface area contributed by atoms with Crippen LogP contribution in [0.3, 0.4) is 0 Å². The van der Waals surface area contributed by atoms with E-state index in [4.69, 9.17) is 14.5 Å². The molecule has 11 heteroatoms. The Bertz CT molecular complexity index is 2270. The van der Waals surface area contributed by atoms with Crippen molar-refractivity contribution in [3.8, 4) is 45.4 Å². The molecular formula is C39H24N6O4S. The maximum atomic E-state index is 11.0. The number of thiophene rings is 1. The van der Waals surface area contributed by atoms with Gasteiger partial charge in [-0.05, 0) is 95.6 Å². The van der Waals surface area contributed by atoms with Crippen LogP contribution in [-0.2, 0) is 19.1 Å². The third-order valence-corrected chi connectivity index (χ3v) is 8.21. The highest BCUT2D eigenvalue weighted by molar-refractivity contribution is 7.14. The molecule has 0 N–H and O–H groups in total. The van der Waals surface area contributed by atoms with Gasteiger partial charge in [-0.25, -0.2) is 4.98 Å². The van der Waals surface area contributed by atoms with E-state index in [9.17, 15) is 20.1 Å². The molecule has 0 unspecified atom stereocenters. The molecule has 50 heavy (non-hydrogen) atoms. The molecule has 4 aromatic heterocycles. The number of benzene rings is 2. The molecular weight excluding hydrogens is 649 g/mol. The average Bonchev–Trinajstić information content (AvgIpc) is 3.65. The van der Waals surface area contributed by atoms with Crippen LogP contribution in [0.5, 0.6) is 0 Å². The molecule has 240 valence electrons. The lowest BCUT2D eigenvalue weighted by molar-refractivity contribution is -0.125. The van der Waals surface area contributed by atoms with Crippen LogP contribution in [0, 0.1) is 22.7 Å². The molecule has 2 aromatic carbocycles. The van der Waals surface area contributed by atoms with Crippen LogP contribution < -0.4 is 4.90 Å². The topological polar surface area (TPSA) is 142 Å². The third kappa shape index (κ3) is 7.66. The van der Waals surface area contributed by atoms with E-state index in [2.05, 4.69) is 50.6 Å². The van der Waals surface area contributed by atoms with E-state index in [0.717, 1.165) is 27.5 Å². The summed E-state index contributed by atoms with van der Waals surface area (Å²) in [4.78, 5) is 38.9. The molecule has 0 atom stereocenters. The van der Waals surface area contributed by atoms with Gasteiger partial charge in [0, 0.05) is 34.0 Å². The highest BCUT2D eigenvalue weighted by Crippen LogP contribution is 2.40. The summed E-state index contributed by atoms with van der Waals surface area (Å²) in [5.41, 5.74) is 6.88. The Kier molecular flexibility index (Phi) is 10.2. The SMILES string of the molecule is N#C/C(=C\c1ccnc(-c2cc(/C=C(\C#N)OC=O)cc(-c3cc(-c4cc(N(c5ccccc5)c5ccccc5)cs4)ccn3)n2)c1)OC=O. The summed E-state index contributed by atoms with van der Waals surface area (Å²) in [5.74, 6) is -0.410. The zero-order valence-electron chi connectivity index (χ0n) is 26.1. The molecule has 0 saturated carbocycles. The van der Waals surface area contributed by atoms with E-state index < -0.39 is 0 Å². The van der Waals surface area contributed by atoms with Gasteiger partial charge in [0.2, 0.25) is 11.5 Å². The lowest BCUT2D eigenvalue weighted by atomic mass is 10.1. The molecule has 0 aliphatic heterocycles. The Balaban J connectivity index is 1.41. The Morgan fingerprint density at radius 3 is 1.76 bits per heavy atom. The molecule has 6 rings (SSSR count). The van der Waals surface area contributed by atoms with Gasteiger partial charge in [-0.2, -0.15) is 10.5 Å². The summed E-state index contributed by atoms with van der Waals surface area (Å²) in [6, 6.07) is 36.7. The van der Waals surface area contributed by atoms with Gasteiger partial charge in [-0.3, -0.25) is 19.6 Å². The average molecular weight is 673 g/mol. The lowest BCUT2D eigenvalue weighted by Crippen LogP contribution is -2.08. The molecule has 10 nitrogen and oxygen atoms in total. The van der Waals surface area contributed by atoms with E-state index in [1.165, 1.54) is 18.3 Å². The zero-order chi connectivity index (χ0) is 34.7. The standard InChI is InChI=1S/C39H24N6O4S/c40-22-33(48-25-46)15-27-11-13-42-35(17-27)37-18-28(16-34(23-41)49-26-47)19-38(44-37)36-20-29(12-14-43-36)39-21-32(24-50-39)45(30-7-3-1-4-8-30)31-9-5-2-6-10-31/h1-21,24-26H/b33-15+,34-16+. The first-order chi connectivity index (χ1) is 24.6. The predicted octanol–water partition coefficient (Wildman–Crippen LogP) is 8.48. The minimum Gasteiger partial charge on any atom is -0.417 e. The van der Waals surface area contributed by atoms with Crippen LogP contribution in [0.4, 0.5) is 17.1 Å². The number of anilines is 3. The first-order valence-electron chi connectivity index (χ1n) is 15.0. The number of allylic oxidation sites excluding steroid dienone is 2. The van der Waals surface area contributed by atoms with Gasteiger partial charge < -0.3 is 14.4 Å². The van der Waals surface area contributed by atoms with Crippen LogP contribution >= 0.6 is 11.3 Å². The van der Waals surface area contributed by atoms with Gasteiger partial charge >= 0.3 is 0 Å². The summed E-state index contributed by atoms with van der Waals surface area (Å²) < 4.78 is 9.55. The van der Waals surface area contributed by atoms with Gasteiger partial charge in [-0.15, -0.1) is 11.3 Å². The first kappa shape index (κ1) is 32.7. The number of aromatic nitrogens is 3. The van der Waals surface area contributed by atoms with Gasteiger partial charge in [0.1, 0.15) is 12.1 Å². The van der Waals surface area contributed by atoms with Crippen LogP contribution in [-0.4, -0.2) is 27.9 Å². The van der Waals surface area contributed by atoms with Gasteiger partial charge in [0.05, 0.1) is 28.5 Å². The van der Waals surface area contributed by atoms with Crippen molar-refractivity contribution in [2.75, 3.05) is 4.90 Å². The third-order valence-electron chi connectivity index (χ3n) is 7.24. The summed E-state index contributed by atoms with van der Waals surface area (Å²) in [6.45, 7) is 0.357. The summed E-state index contributed by atoms with van der Waals surface area (Å²) in [7, 11) is 0. The highest BCUT2D eigenvalue weighted by Gasteiger charge is 2.16. The van der Waals surface area contributed by atoms with Gasteiger partial charge in [-0.1, -0.05) is 36.4 Å². The molecule has 0 bridgehead atoms. The van der Waals surface area contributed by atoms with Crippen molar-refractivity contribution in [1.82, 2.24) is 15.0 Å². The maximum Gasteiger partial charge on any atom is 0.299 e. The quantitative estimate of drug-likeness (QED) is 0.0706. The first-order valence-corrected chi connectivity index (χ1v) is 15.8. The van der Waals surface area contributed by atoms with Crippen molar-refractivity contribution in [2.24, 2.45) is 0 Å². The predicted molar refractivity (Wildman–Crippen MR) is 190 cm³/mol. The molecule has 0 spiro atoms. The lowest BCUT2D eigenvalue weighted by Gasteiger charge is -2.23. The largest absolute Gasteiger partial charge is 0.417 e. The summed E-state index contributed by atoms with van der Waals surface area (Å²) in [6.07, 6.45) is 6.04. The number of carbonyl (C=O) groups excluding carboxylic acids is 2. The molecule has 0 fully saturated rings. The number of ether oxygens (including phenoxy) is 2. The smallest absolute Gasteiger partial charge is 0.299 e. The number of hydrogen-bond acceptors (Lipinski definition) is 11. The molecule has 0 aliphatic carbocycles. The van der Waals surface area contributed by atoms with Crippen LogP contribution in [0.1, 0.15) is 11.1 Å². The second-order valence-electron chi connectivity index (χ2n) is 10.4. The maximum absolute atomic E-state index is 11.0. The molecule has 0 aliphatic rings. The van der Waals surface area contributed by atoms with Crippen molar-refractivity contribution in [1.29, 1.82) is 10.5 Å². The second kappa shape index (κ2) is 15.6. The summed E-state index contributed by atoms with van der Waals surface area (Å²) >= 11 is 1.60. The Labute approximate surface area is 291 Å². The molecule has 0 amide bonds. The second-order valence-corrected chi connectivity index (χ2v) is 11.3. The van der Waals surface area contributed by atoms with Crippen LogP contribution in [0.2, 0.25) is 0 Å². The monoisotopic (exact) mass is 672 g/mol. The Morgan fingerprint density at radius 1 is 0.640 bits per heavy atom. The molecule has 4 heterocycles. The van der Waals surface area contributed by atoms with E-state index in [-0.39, 0.29) is 24.5 Å². The number of nitriles is 2. The number of hydrogen-bond donors (Lipinski definition) is 0. The Hall–Kier alpha value is -7.21. The van der Waals surface area contributed by atoms with E-state index in [1.807, 2.05) is 60.7 Å². The van der Waals surface area contributed by atoms with Gasteiger partial charge in [0.15, 0.2) is 0 Å². The van der Waals surface area contributed by atoms with Crippen molar-refractivity contribution in [3.63, 3.8) is 0 Å². The van der Waals surface area contributed by atoms with Crippen molar-refractivity contribution < 1.29 is 19.1 Å². The number of nitrogens with zero attached hydrogens (tertiary/aromatic N) is 6. The van der Waals surface area contributed by atoms with E-state index >= 15 is 0 Å². The molecule has 6 aromatic rings. The van der Waals surface area contributed by atoms with Crippen molar-refractivity contribution in [3.05, 3.63) is 144 Å². The fourth-order valence-electron chi connectivity index (χ4n) is 5.09. The van der Waals surface area contributed by atoms with E-state index in [1.54, 1.807) is 41.8 Å². The Morgan fingerprint density at radius 2 is 1.18 bits per heavy atom. The number of pyridine rings is 3. The van der Waals surface area contributed by atoms with Crippen LogP contribution in [0.25, 0.3) is 45.4 Å². The number of para-hydroxylation sites is 2. The normalized spacial score (nSPS) is 11.2. The fourth-order valence-corrected chi connectivity index (χ4v) is 5.96. The number of carbonyl (C=O) groups is 2. The van der Waals surface area contributed by atoms with Crippen molar-refractivity contribution in [2.45, 2.75) is 0 Å². The molecule has 0 radical (unpaired) electrons. The van der Waals surface area contributed by atoms with Crippen molar-refractivity contribution >= 4 is 53.5 Å². The molecule has 0 saturated heterocycles. The van der Waals surface area contributed by atoms with E-state index in [0.29, 0.717) is 33.9 Å². The fraction of sp³-hybridized carbons (Fsp3) is 0. The number of rotatable bonds is 12. The highest BCUT2D eigenvalue weighted by atomic mass is 32.1. The minimum atomic E-state index is -0.216. The zero-order valence-corrected chi connectivity index (χ0v) is 26.9. The summed E-state index contributed by atoms with van der Waals surface area (Å²) in [5, 5.41) is 20.9.